The molecule has 0 bridgehead atoms. The lowest BCUT2D eigenvalue weighted by Gasteiger charge is -2.10. The molecule has 4 nitrogen and oxygen atoms in total. The first kappa shape index (κ1) is 12.7. The van der Waals surface area contributed by atoms with Gasteiger partial charge in [-0.3, -0.25) is 4.79 Å². The Bertz CT molecular complexity index is 522. The number of carbonyl (C=O) groups is 1. The van der Waals surface area contributed by atoms with Crippen molar-refractivity contribution in [2.24, 2.45) is 5.14 Å². The van der Waals surface area contributed by atoms with Crippen LogP contribution in [0.25, 0.3) is 0 Å². The second kappa shape index (κ2) is 3.87. The third-order valence-corrected chi connectivity index (χ3v) is 2.70. The van der Waals surface area contributed by atoms with E-state index in [0.29, 0.717) is 6.07 Å². The first-order valence-electron chi connectivity index (χ1n) is 3.85. The molecule has 0 heterocycles. The van der Waals surface area contributed by atoms with Crippen LogP contribution >= 0.6 is 0 Å². The molecule has 0 aliphatic carbocycles. The van der Waals surface area contributed by atoms with Gasteiger partial charge in [0.1, 0.15) is 0 Å². The van der Waals surface area contributed by atoms with Crippen LogP contribution in [0.1, 0.15) is 15.9 Å². The van der Waals surface area contributed by atoms with Crippen molar-refractivity contribution in [2.75, 3.05) is 0 Å². The number of alkyl halides is 3. The lowest BCUT2D eigenvalue weighted by Crippen LogP contribution is -2.15. The van der Waals surface area contributed by atoms with Crippen molar-refractivity contribution >= 4 is 16.3 Å². The largest absolute Gasteiger partial charge is 0.417 e. The molecule has 0 aliphatic heterocycles. The number of halogens is 3. The summed E-state index contributed by atoms with van der Waals surface area (Å²) in [5.74, 6) is 0. The summed E-state index contributed by atoms with van der Waals surface area (Å²) < 4.78 is 58.9. The van der Waals surface area contributed by atoms with E-state index in [9.17, 15) is 26.4 Å². The van der Waals surface area contributed by atoms with E-state index in [0.717, 1.165) is 12.1 Å². The van der Waals surface area contributed by atoms with Crippen LogP contribution in [-0.4, -0.2) is 14.7 Å². The number of hydrogen-bond donors (Lipinski definition) is 1. The highest BCUT2D eigenvalue weighted by molar-refractivity contribution is 7.89. The van der Waals surface area contributed by atoms with E-state index in [4.69, 9.17) is 0 Å². The highest BCUT2D eigenvalue weighted by Crippen LogP contribution is 2.32. The van der Waals surface area contributed by atoms with E-state index in [-0.39, 0.29) is 6.29 Å². The van der Waals surface area contributed by atoms with Gasteiger partial charge in [-0.2, -0.15) is 13.2 Å². The standard InChI is InChI=1S/C8H6F3NO3S/c9-8(10,11)7-3-6(16(12,14)15)2-1-5(7)4-13/h1-4H,(H2,12,14,15). The van der Waals surface area contributed by atoms with Crippen molar-refractivity contribution in [3.63, 3.8) is 0 Å². The molecule has 1 rings (SSSR count). The second-order valence-electron chi connectivity index (χ2n) is 2.91. The van der Waals surface area contributed by atoms with Crippen LogP contribution in [0.2, 0.25) is 0 Å². The summed E-state index contributed by atoms with van der Waals surface area (Å²) in [6.07, 6.45) is -4.81. The minimum Gasteiger partial charge on any atom is -0.298 e. The summed E-state index contributed by atoms with van der Waals surface area (Å²) >= 11 is 0. The molecule has 0 amide bonds. The fraction of sp³-hybridized carbons (Fsp3) is 0.125. The van der Waals surface area contributed by atoms with Gasteiger partial charge in [-0.25, -0.2) is 13.6 Å². The minimum atomic E-state index is -4.81. The number of aldehydes is 1. The highest BCUT2D eigenvalue weighted by atomic mass is 32.2. The molecule has 0 saturated carbocycles. The Morgan fingerprint density at radius 1 is 1.25 bits per heavy atom. The van der Waals surface area contributed by atoms with Crippen molar-refractivity contribution in [3.05, 3.63) is 29.3 Å². The fourth-order valence-electron chi connectivity index (χ4n) is 1.06. The quantitative estimate of drug-likeness (QED) is 0.803. The molecule has 0 radical (unpaired) electrons. The number of nitrogens with two attached hydrogens (primary N) is 1. The van der Waals surface area contributed by atoms with Gasteiger partial charge in [-0.15, -0.1) is 0 Å². The zero-order chi connectivity index (χ0) is 12.6. The minimum absolute atomic E-state index is 0.00423. The molecule has 2 N–H and O–H groups in total. The van der Waals surface area contributed by atoms with Gasteiger partial charge < -0.3 is 0 Å². The van der Waals surface area contributed by atoms with E-state index in [2.05, 4.69) is 5.14 Å². The summed E-state index contributed by atoms with van der Waals surface area (Å²) in [7, 11) is -4.23. The summed E-state index contributed by atoms with van der Waals surface area (Å²) in [5, 5.41) is 4.68. The van der Waals surface area contributed by atoms with Gasteiger partial charge in [0.2, 0.25) is 10.0 Å². The topological polar surface area (TPSA) is 77.2 Å². The Morgan fingerprint density at radius 2 is 1.81 bits per heavy atom. The van der Waals surface area contributed by atoms with Gasteiger partial charge in [0.05, 0.1) is 10.5 Å². The third-order valence-electron chi connectivity index (χ3n) is 1.79. The molecule has 0 atom stereocenters. The summed E-state index contributed by atoms with van der Waals surface area (Å²) in [6.45, 7) is 0. The molecule has 0 unspecified atom stereocenters. The van der Waals surface area contributed by atoms with Crippen molar-refractivity contribution in [1.29, 1.82) is 0 Å². The van der Waals surface area contributed by atoms with Crippen molar-refractivity contribution in [3.8, 4) is 0 Å². The van der Waals surface area contributed by atoms with Crippen LogP contribution in [0.3, 0.4) is 0 Å². The van der Waals surface area contributed by atoms with Gasteiger partial charge in [0.25, 0.3) is 0 Å². The summed E-state index contributed by atoms with van der Waals surface area (Å²) in [4.78, 5) is 9.66. The van der Waals surface area contributed by atoms with Crippen LogP contribution in [0, 0.1) is 0 Å². The molecule has 0 fully saturated rings. The van der Waals surface area contributed by atoms with Crippen molar-refractivity contribution < 1.29 is 26.4 Å². The van der Waals surface area contributed by atoms with Crippen molar-refractivity contribution in [2.45, 2.75) is 11.1 Å². The zero-order valence-electron chi connectivity index (χ0n) is 7.65. The number of hydrogen-bond acceptors (Lipinski definition) is 3. The summed E-state index contributed by atoms with van der Waals surface area (Å²) in [6, 6.07) is 1.93. The van der Waals surface area contributed by atoms with Crippen LogP contribution in [0.4, 0.5) is 13.2 Å². The maximum absolute atomic E-state index is 12.4. The third kappa shape index (κ3) is 2.58. The number of benzene rings is 1. The molecule has 0 aliphatic rings. The van der Waals surface area contributed by atoms with Gasteiger partial charge in [0.15, 0.2) is 6.29 Å². The zero-order valence-corrected chi connectivity index (χ0v) is 8.47. The van der Waals surface area contributed by atoms with Gasteiger partial charge in [0, 0.05) is 5.56 Å². The molecule has 0 spiro atoms. The smallest absolute Gasteiger partial charge is 0.298 e. The highest BCUT2D eigenvalue weighted by Gasteiger charge is 2.34. The average molecular weight is 253 g/mol. The average Bonchev–Trinajstić information content (AvgIpc) is 2.14. The van der Waals surface area contributed by atoms with E-state index in [1.807, 2.05) is 0 Å². The second-order valence-corrected chi connectivity index (χ2v) is 4.47. The molecule has 88 valence electrons. The monoisotopic (exact) mass is 253 g/mol. The van der Waals surface area contributed by atoms with Crippen LogP contribution in [0.15, 0.2) is 23.1 Å². The first-order chi connectivity index (χ1) is 7.16. The molecule has 0 aromatic heterocycles. The summed E-state index contributed by atoms with van der Waals surface area (Å²) in [5.41, 5.74) is -1.96. The van der Waals surface area contributed by atoms with Gasteiger partial charge >= 0.3 is 6.18 Å². The number of sulfonamides is 1. The Balaban J connectivity index is 3.51. The molecular weight excluding hydrogens is 247 g/mol. The predicted molar refractivity (Wildman–Crippen MR) is 48.2 cm³/mol. The number of rotatable bonds is 2. The van der Waals surface area contributed by atoms with Crippen LogP contribution < -0.4 is 5.14 Å². The Labute approximate surface area is 88.9 Å². The van der Waals surface area contributed by atoms with E-state index in [1.165, 1.54) is 0 Å². The maximum atomic E-state index is 12.4. The molecule has 1 aromatic rings. The Morgan fingerprint density at radius 3 is 2.19 bits per heavy atom. The van der Waals surface area contributed by atoms with Gasteiger partial charge in [-0.1, -0.05) is 0 Å². The lowest BCUT2D eigenvalue weighted by molar-refractivity contribution is -0.138. The van der Waals surface area contributed by atoms with Crippen LogP contribution in [-0.2, 0) is 16.2 Å². The normalized spacial score (nSPS) is 12.5. The molecule has 8 heteroatoms. The Kier molecular flexibility index (Phi) is 3.06. The molecule has 16 heavy (non-hydrogen) atoms. The number of carbonyl (C=O) groups excluding carboxylic acids is 1. The molecule has 1 aromatic carbocycles. The predicted octanol–water partition coefficient (Wildman–Crippen LogP) is 1.17. The Hall–Kier alpha value is -1.41. The van der Waals surface area contributed by atoms with E-state index >= 15 is 0 Å². The fourth-order valence-corrected chi connectivity index (χ4v) is 1.60. The number of primary sulfonamides is 1. The molecular formula is C8H6F3NO3S. The van der Waals surface area contributed by atoms with Gasteiger partial charge in [-0.05, 0) is 18.2 Å². The molecule has 0 saturated heterocycles. The lowest BCUT2D eigenvalue weighted by atomic mass is 10.1. The SMILES string of the molecule is NS(=O)(=O)c1ccc(C=O)c(C(F)(F)F)c1. The maximum Gasteiger partial charge on any atom is 0.417 e. The first-order valence-corrected chi connectivity index (χ1v) is 5.40. The van der Waals surface area contributed by atoms with Crippen LogP contribution in [0.5, 0.6) is 0 Å². The van der Waals surface area contributed by atoms with E-state index < -0.39 is 32.2 Å². The van der Waals surface area contributed by atoms with Crippen molar-refractivity contribution in [1.82, 2.24) is 0 Å². The van der Waals surface area contributed by atoms with E-state index in [1.54, 1.807) is 0 Å².